The third-order valence-corrected chi connectivity index (χ3v) is 6.75. The molecule has 130 valence electrons. The third-order valence-electron chi connectivity index (χ3n) is 3.74. The van der Waals surface area contributed by atoms with Crippen molar-refractivity contribution in [2.45, 2.75) is 29.9 Å². The van der Waals surface area contributed by atoms with E-state index in [9.17, 15) is 9.59 Å². The first-order chi connectivity index (χ1) is 11.7. The molecule has 1 saturated heterocycles. The van der Waals surface area contributed by atoms with Crippen LogP contribution in [0.15, 0.2) is 24.3 Å². The topological polar surface area (TPSA) is 67.4 Å². The van der Waals surface area contributed by atoms with Gasteiger partial charge in [0.15, 0.2) is 6.61 Å². The Morgan fingerprint density at radius 3 is 2.46 bits per heavy atom. The van der Waals surface area contributed by atoms with Crippen molar-refractivity contribution in [3.8, 4) is 5.75 Å². The van der Waals surface area contributed by atoms with Gasteiger partial charge < -0.3 is 15.4 Å². The second kappa shape index (κ2) is 8.67. The van der Waals surface area contributed by atoms with Crippen molar-refractivity contribution < 1.29 is 14.3 Å². The summed E-state index contributed by atoms with van der Waals surface area (Å²) in [6.45, 7) is -0.0727. The molecule has 5 nitrogen and oxygen atoms in total. The Labute approximate surface area is 150 Å². The van der Waals surface area contributed by atoms with Crippen LogP contribution in [-0.4, -0.2) is 42.5 Å². The van der Waals surface area contributed by atoms with Gasteiger partial charge in [0, 0.05) is 6.04 Å². The SMILES string of the molecule is O=C(COc1ccc(C2SCCCS2)cc1)NCC(=O)NC1CC1. The minimum Gasteiger partial charge on any atom is -0.484 e. The molecule has 2 aliphatic rings. The normalized spacial score (nSPS) is 18.0. The molecule has 0 bridgehead atoms. The van der Waals surface area contributed by atoms with Gasteiger partial charge >= 0.3 is 0 Å². The van der Waals surface area contributed by atoms with Gasteiger partial charge in [-0.05, 0) is 48.5 Å². The molecular weight excluding hydrogens is 344 g/mol. The molecule has 1 heterocycles. The molecule has 2 amide bonds. The lowest BCUT2D eigenvalue weighted by Crippen LogP contribution is -2.39. The van der Waals surface area contributed by atoms with Gasteiger partial charge in [-0.15, -0.1) is 23.5 Å². The summed E-state index contributed by atoms with van der Waals surface area (Å²) in [4.78, 5) is 23.2. The number of ether oxygens (including phenoxy) is 1. The largest absolute Gasteiger partial charge is 0.484 e. The van der Waals surface area contributed by atoms with Crippen LogP contribution in [-0.2, 0) is 9.59 Å². The number of rotatable bonds is 7. The summed E-state index contributed by atoms with van der Waals surface area (Å²) >= 11 is 3.96. The third kappa shape index (κ3) is 5.63. The van der Waals surface area contributed by atoms with Crippen molar-refractivity contribution in [3.05, 3.63) is 29.8 Å². The molecule has 1 aliphatic carbocycles. The number of nitrogens with one attached hydrogen (secondary N) is 2. The van der Waals surface area contributed by atoms with Crippen LogP contribution in [0, 0.1) is 0 Å². The minimum absolute atomic E-state index is 0.00770. The second-order valence-electron chi connectivity index (χ2n) is 5.90. The zero-order valence-corrected chi connectivity index (χ0v) is 15.1. The van der Waals surface area contributed by atoms with Gasteiger partial charge in [0.1, 0.15) is 5.75 Å². The molecule has 1 saturated carbocycles. The molecule has 3 rings (SSSR count). The number of hydrogen-bond donors (Lipinski definition) is 2. The number of hydrogen-bond acceptors (Lipinski definition) is 5. The maximum atomic E-state index is 11.7. The van der Waals surface area contributed by atoms with Crippen LogP contribution >= 0.6 is 23.5 Å². The van der Waals surface area contributed by atoms with E-state index in [-0.39, 0.29) is 25.0 Å². The molecule has 0 spiro atoms. The van der Waals surface area contributed by atoms with Crippen molar-refractivity contribution in [1.29, 1.82) is 0 Å². The molecule has 0 radical (unpaired) electrons. The van der Waals surface area contributed by atoms with Gasteiger partial charge in [-0.3, -0.25) is 9.59 Å². The molecule has 0 aromatic heterocycles. The fraction of sp³-hybridized carbons (Fsp3) is 0.529. The van der Waals surface area contributed by atoms with E-state index >= 15 is 0 Å². The first-order valence-electron chi connectivity index (χ1n) is 8.23. The average Bonchev–Trinajstić information content (AvgIpc) is 3.43. The maximum absolute atomic E-state index is 11.7. The van der Waals surface area contributed by atoms with Gasteiger partial charge in [-0.1, -0.05) is 12.1 Å². The molecule has 2 N–H and O–H groups in total. The van der Waals surface area contributed by atoms with E-state index in [1.807, 2.05) is 35.7 Å². The van der Waals surface area contributed by atoms with Gasteiger partial charge in [-0.25, -0.2) is 0 Å². The predicted molar refractivity (Wildman–Crippen MR) is 98.4 cm³/mol. The lowest BCUT2D eigenvalue weighted by atomic mass is 10.2. The molecule has 1 aromatic rings. The van der Waals surface area contributed by atoms with E-state index < -0.39 is 0 Å². The predicted octanol–water partition coefficient (Wildman–Crippen LogP) is 2.33. The van der Waals surface area contributed by atoms with Crippen molar-refractivity contribution in [3.63, 3.8) is 0 Å². The fourth-order valence-corrected chi connectivity index (χ4v) is 5.18. The summed E-state index contributed by atoms with van der Waals surface area (Å²) in [6.07, 6.45) is 3.36. The molecule has 7 heteroatoms. The highest BCUT2D eigenvalue weighted by molar-refractivity contribution is 8.16. The summed E-state index contributed by atoms with van der Waals surface area (Å²) < 4.78 is 5.98. The Bertz CT molecular complexity index is 570. The summed E-state index contributed by atoms with van der Waals surface area (Å²) in [5.74, 6) is 2.66. The monoisotopic (exact) mass is 366 g/mol. The van der Waals surface area contributed by atoms with E-state index in [1.54, 1.807) is 0 Å². The minimum atomic E-state index is -0.289. The van der Waals surface area contributed by atoms with E-state index in [0.717, 1.165) is 12.8 Å². The second-order valence-corrected chi connectivity index (χ2v) is 8.63. The van der Waals surface area contributed by atoms with Gasteiger partial charge in [0.2, 0.25) is 5.91 Å². The van der Waals surface area contributed by atoms with Crippen LogP contribution in [0.4, 0.5) is 0 Å². The van der Waals surface area contributed by atoms with Crippen LogP contribution in [0.1, 0.15) is 29.4 Å². The molecular formula is C17H22N2O3S2. The molecule has 24 heavy (non-hydrogen) atoms. The molecule has 1 aliphatic heterocycles. The molecule has 0 unspecified atom stereocenters. The number of carbonyl (C=O) groups is 2. The summed E-state index contributed by atoms with van der Waals surface area (Å²) in [5, 5.41) is 5.39. The van der Waals surface area contributed by atoms with Crippen LogP contribution < -0.4 is 15.4 Å². The first kappa shape index (κ1) is 17.5. The van der Waals surface area contributed by atoms with Crippen molar-refractivity contribution in [2.24, 2.45) is 0 Å². The number of thioether (sulfide) groups is 2. The molecule has 0 atom stereocenters. The van der Waals surface area contributed by atoms with Crippen LogP contribution in [0.5, 0.6) is 5.75 Å². The molecule has 2 fully saturated rings. The molecule has 1 aromatic carbocycles. The van der Waals surface area contributed by atoms with E-state index in [0.29, 0.717) is 16.4 Å². The Morgan fingerprint density at radius 2 is 1.79 bits per heavy atom. The van der Waals surface area contributed by atoms with Gasteiger partial charge in [0.05, 0.1) is 11.1 Å². The maximum Gasteiger partial charge on any atom is 0.258 e. The van der Waals surface area contributed by atoms with Crippen molar-refractivity contribution in [1.82, 2.24) is 10.6 Å². The Balaban J connectivity index is 1.37. The highest BCUT2D eigenvalue weighted by Gasteiger charge is 2.23. The number of carbonyl (C=O) groups excluding carboxylic acids is 2. The van der Waals surface area contributed by atoms with Crippen LogP contribution in [0.25, 0.3) is 0 Å². The standard InChI is InChI=1S/C17H22N2O3S2/c20-15(19-13-4-5-13)10-18-16(21)11-22-14-6-2-12(3-7-14)17-23-8-1-9-24-17/h2-3,6-7,13,17H,1,4-5,8-11H2,(H,18,21)(H,19,20). The van der Waals surface area contributed by atoms with Crippen molar-refractivity contribution in [2.75, 3.05) is 24.7 Å². The summed E-state index contributed by atoms with van der Waals surface area (Å²) in [6, 6.07) is 8.24. The van der Waals surface area contributed by atoms with Crippen LogP contribution in [0.3, 0.4) is 0 Å². The Morgan fingerprint density at radius 1 is 1.08 bits per heavy atom. The quantitative estimate of drug-likeness (QED) is 0.775. The average molecular weight is 367 g/mol. The smallest absolute Gasteiger partial charge is 0.258 e. The van der Waals surface area contributed by atoms with Gasteiger partial charge in [0.25, 0.3) is 5.91 Å². The van der Waals surface area contributed by atoms with E-state index in [4.69, 9.17) is 4.74 Å². The summed E-state index contributed by atoms with van der Waals surface area (Å²) in [7, 11) is 0. The van der Waals surface area contributed by atoms with E-state index in [2.05, 4.69) is 22.8 Å². The number of benzene rings is 1. The first-order valence-corrected chi connectivity index (χ1v) is 10.3. The lowest BCUT2D eigenvalue weighted by molar-refractivity contribution is -0.127. The lowest BCUT2D eigenvalue weighted by Gasteiger charge is -2.21. The van der Waals surface area contributed by atoms with Crippen LogP contribution in [0.2, 0.25) is 0 Å². The Kier molecular flexibility index (Phi) is 6.31. The number of amides is 2. The Hall–Kier alpha value is -1.34. The summed E-state index contributed by atoms with van der Waals surface area (Å²) in [5.41, 5.74) is 1.29. The van der Waals surface area contributed by atoms with Crippen molar-refractivity contribution >= 4 is 35.3 Å². The van der Waals surface area contributed by atoms with Gasteiger partial charge in [-0.2, -0.15) is 0 Å². The van der Waals surface area contributed by atoms with E-state index in [1.165, 1.54) is 23.5 Å². The zero-order valence-electron chi connectivity index (χ0n) is 13.5. The highest BCUT2D eigenvalue weighted by atomic mass is 32.2. The highest BCUT2D eigenvalue weighted by Crippen LogP contribution is 2.43. The fourth-order valence-electron chi connectivity index (χ4n) is 2.29. The zero-order chi connectivity index (χ0) is 16.8.